The van der Waals surface area contributed by atoms with Gasteiger partial charge in [-0.2, -0.15) is 0 Å². The molecule has 2 rings (SSSR count). The molecule has 0 saturated heterocycles. The molecule has 0 aliphatic carbocycles. The summed E-state index contributed by atoms with van der Waals surface area (Å²) < 4.78 is 5.48. The van der Waals surface area contributed by atoms with E-state index in [2.05, 4.69) is 6.92 Å². The minimum atomic E-state index is -0.916. The van der Waals surface area contributed by atoms with E-state index in [1.165, 1.54) is 0 Å². The summed E-state index contributed by atoms with van der Waals surface area (Å²) in [6.07, 6.45) is 0.893. The van der Waals surface area contributed by atoms with E-state index in [9.17, 15) is 4.79 Å². The first-order valence-corrected chi connectivity index (χ1v) is 6.17. The van der Waals surface area contributed by atoms with Crippen molar-refractivity contribution in [1.29, 1.82) is 0 Å². The zero-order valence-corrected chi connectivity index (χ0v) is 11.0. The van der Waals surface area contributed by atoms with E-state index in [1.54, 1.807) is 31.4 Å². The van der Waals surface area contributed by atoms with Gasteiger partial charge in [0.15, 0.2) is 0 Å². The summed E-state index contributed by atoms with van der Waals surface area (Å²) in [5.74, 6) is -0.0612. The lowest BCUT2D eigenvalue weighted by Crippen LogP contribution is -1.96. The highest BCUT2D eigenvalue weighted by atomic mass is 16.5. The second-order valence-corrected chi connectivity index (χ2v) is 4.23. The molecular weight excluding hydrogens is 240 g/mol. The van der Waals surface area contributed by atoms with Gasteiger partial charge in [-0.25, -0.2) is 4.79 Å². The predicted octanol–water partition coefficient (Wildman–Crippen LogP) is 3.62. The Morgan fingerprint density at radius 3 is 2.37 bits per heavy atom. The van der Waals surface area contributed by atoms with Gasteiger partial charge in [-0.15, -0.1) is 0 Å². The maximum atomic E-state index is 10.8. The summed E-state index contributed by atoms with van der Waals surface area (Å²) in [4.78, 5) is 10.8. The van der Waals surface area contributed by atoms with Crippen molar-refractivity contribution in [3.8, 4) is 16.9 Å². The Morgan fingerprint density at radius 2 is 1.84 bits per heavy atom. The predicted molar refractivity (Wildman–Crippen MR) is 74.8 cm³/mol. The highest BCUT2D eigenvalue weighted by molar-refractivity contribution is 5.88. The molecular formula is C16H16O3. The summed E-state index contributed by atoms with van der Waals surface area (Å²) in [5.41, 5.74) is 3.37. The van der Waals surface area contributed by atoms with Crippen LogP contribution in [0.1, 0.15) is 22.8 Å². The number of ether oxygens (including phenoxy) is 1. The Hall–Kier alpha value is -2.29. The highest BCUT2D eigenvalue weighted by Gasteiger charge is 2.10. The van der Waals surface area contributed by atoms with E-state index in [0.717, 1.165) is 28.9 Å². The number of aryl methyl sites for hydroxylation is 1. The number of hydrogen-bond acceptors (Lipinski definition) is 2. The Morgan fingerprint density at radius 1 is 1.16 bits per heavy atom. The van der Waals surface area contributed by atoms with E-state index in [-0.39, 0.29) is 5.56 Å². The van der Waals surface area contributed by atoms with Gasteiger partial charge < -0.3 is 9.84 Å². The second-order valence-electron chi connectivity index (χ2n) is 4.23. The van der Waals surface area contributed by atoms with Gasteiger partial charge >= 0.3 is 5.97 Å². The van der Waals surface area contributed by atoms with Crippen molar-refractivity contribution < 1.29 is 14.6 Å². The van der Waals surface area contributed by atoms with Crippen LogP contribution in [-0.4, -0.2) is 18.2 Å². The lowest BCUT2D eigenvalue weighted by molar-refractivity contribution is 0.0697. The Balaban J connectivity index is 2.49. The van der Waals surface area contributed by atoms with E-state index in [0.29, 0.717) is 0 Å². The van der Waals surface area contributed by atoms with E-state index in [1.807, 2.05) is 18.2 Å². The van der Waals surface area contributed by atoms with Crippen LogP contribution in [0.25, 0.3) is 11.1 Å². The molecule has 19 heavy (non-hydrogen) atoms. The molecule has 98 valence electrons. The molecule has 0 saturated carbocycles. The number of benzene rings is 2. The third-order valence-electron chi connectivity index (χ3n) is 3.12. The van der Waals surface area contributed by atoms with E-state index >= 15 is 0 Å². The van der Waals surface area contributed by atoms with Crippen LogP contribution in [0.3, 0.4) is 0 Å². The van der Waals surface area contributed by atoms with Crippen molar-refractivity contribution >= 4 is 5.97 Å². The molecule has 1 N–H and O–H groups in total. The summed E-state index contributed by atoms with van der Waals surface area (Å²) in [5, 5.41) is 8.90. The minimum absolute atomic E-state index is 0.286. The van der Waals surface area contributed by atoms with Crippen molar-refractivity contribution in [3.05, 3.63) is 53.6 Å². The second kappa shape index (κ2) is 5.57. The first-order valence-electron chi connectivity index (χ1n) is 6.17. The number of rotatable bonds is 4. The fraction of sp³-hybridized carbons (Fsp3) is 0.188. The number of carboxylic acids is 1. The molecule has 0 spiro atoms. The van der Waals surface area contributed by atoms with Gasteiger partial charge in [-0.05, 0) is 29.7 Å². The maximum Gasteiger partial charge on any atom is 0.335 e. The average molecular weight is 256 g/mol. The fourth-order valence-corrected chi connectivity index (χ4v) is 2.12. The molecule has 3 nitrogen and oxygen atoms in total. The minimum Gasteiger partial charge on any atom is -0.496 e. The van der Waals surface area contributed by atoms with Crippen LogP contribution in [0.15, 0.2) is 42.5 Å². The van der Waals surface area contributed by atoms with E-state index < -0.39 is 5.97 Å². The van der Waals surface area contributed by atoms with Gasteiger partial charge in [0.05, 0.1) is 12.7 Å². The molecule has 0 atom stereocenters. The lowest BCUT2D eigenvalue weighted by atomic mass is 9.99. The average Bonchev–Trinajstić information content (AvgIpc) is 2.46. The van der Waals surface area contributed by atoms with Gasteiger partial charge in [0.1, 0.15) is 5.75 Å². The van der Waals surface area contributed by atoms with Crippen molar-refractivity contribution in [2.45, 2.75) is 13.3 Å². The van der Waals surface area contributed by atoms with Gasteiger partial charge in [0.2, 0.25) is 0 Å². The Labute approximate surface area is 112 Å². The summed E-state index contributed by atoms with van der Waals surface area (Å²) in [6.45, 7) is 2.08. The largest absolute Gasteiger partial charge is 0.496 e. The number of hydrogen-bond donors (Lipinski definition) is 1. The first kappa shape index (κ1) is 13.1. The molecule has 0 fully saturated rings. The van der Waals surface area contributed by atoms with Crippen LogP contribution >= 0.6 is 0 Å². The summed E-state index contributed by atoms with van der Waals surface area (Å²) in [6, 6.07) is 12.8. The zero-order chi connectivity index (χ0) is 13.8. The molecule has 0 aliphatic rings. The van der Waals surface area contributed by atoms with Gasteiger partial charge in [0, 0.05) is 5.56 Å². The van der Waals surface area contributed by atoms with E-state index in [4.69, 9.17) is 9.84 Å². The van der Waals surface area contributed by atoms with Crippen LogP contribution in [0, 0.1) is 0 Å². The zero-order valence-electron chi connectivity index (χ0n) is 11.0. The van der Waals surface area contributed by atoms with Crippen molar-refractivity contribution in [2.24, 2.45) is 0 Å². The number of methoxy groups -OCH3 is 1. The Kier molecular flexibility index (Phi) is 3.85. The molecule has 0 radical (unpaired) electrons. The van der Waals surface area contributed by atoms with Crippen LogP contribution in [0.2, 0.25) is 0 Å². The topological polar surface area (TPSA) is 46.5 Å². The quantitative estimate of drug-likeness (QED) is 0.908. The molecule has 0 aliphatic heterocycles. The summed E-state index contributed by atoms with van der Waals surface area (Å²) in [7, 11) is 1.66. The number of para-hydroxylation sites is 1. The number of carboxylic acid groups (broad SMARTS) is 1. The molecule has 0 amide bonds. The van der Waals surface area contributed by atoms with Crippen molar-refractivity contribution in [3.63, 3.8) is 0 Å². The molecule has 2 aromatic rings. The van der Waals surface area contributed by atoms with Crippen LogP contribution in [0.5, 0.6) is 5.75 Å². The van der Waals surface area contributed by atoms with Crippen LogP contribution in [0.4, 0.5) is 0 Å². The number of aromatic carboxylic acids is 1. The summed E-state index contributed by atoms with van der Waals surface area (Å²) >= 11 is 0. The molecule has 3 heteroatoms. The fourth-order valence-electron chi connectivity index (χ4n) is 2.12. The SMILES string of the molecule is CCc1cccc(-c2ccc(C(=O)O)cc2)c1OC. The van der Waals surface area contributed by atoms with Crippen LogP contribution < -0.4 is 4.74 Å². The standard InChI is InChI=1S/C16H16O3/c1-3-11-5-4-6-14(15(11)19-2)12-7-9-13(10-8-12)16(17)18/h4-10H,3H2,1-2H3,(H,17,18). The van der Waals surface area contributed by atoms with Crippen LogP contribution in [-0.2, 0) is 6.42 Å². The van der Waals surface area contributed by atoms with Gasteiger partial charge in [-0.1, -0.05) is 37.3 Å². The lowest BCUT2D eigenvalue weighted by Gasteiger charge is -2.12. The monoisotopic (exact) mass is 256 g/mol. The molecule has 0 bridgehead atoms. The van der Waals surface area contributed by atoms with Crippen molar-refractivity contribution in [1.82, 2.24) is 0 Å². The number of carbonyl (C=O) groups is 1. The third kappa shape index (κ3) is 2.60. The molecule has 0 unspecified atom stereocenters. The highest BCUT2D eigenvalue weighted by Crippen LogP contribution is 2.33. The smallest absolute Gasteiger partial charge is 0.335 e. The normalized spacial score (nSPS) is 10.2. The molecule has 0 aromatic heterocycles. The van der Waals surface area contributed by atoms with Gasteiger partial charge in [0.25, 0.3) is 0 Å². The Bertz CT molecular complexity index is 585. The third-order valence-corrected chi connectivity index (χ3v) is 3.12. The van der Waals surface area contributed by atoms with Gasteiger partial charge in [-0.3, -0.25) is 0 Å². The van der Waals surface area contributed by atoms with Crippen molar-refractivity contribution in [2.75, 3.05) is 7.11 Å². The molecule has 2 aromatic carbocycles. The maximum absolute atomic E-state index is 10.8. The first-order chi connectivity index (χ1) is 9.17. The molecule has 0 heterocycles.